The third-order valence-electron chi connectivity index (χ3n) is 13.0. The van der Waals surface area contributed by atoms with Crippen molar-refractivity contribution in [1.82, 2.24) is 0 Å². The second-order valence-corrected chi connectivity index (χ2v) is 58.8. The van der Waals surface area contributed by atoms with E-state index in [-0.39, 0.29) is 7.25 Å². The molecule has 1 fully saturated rings. The third-order valence-corrected chi connectivity index (χ3v) is 64.7. The average Bonchev–Trinajstić information content (AvgIpc) is 3.89. The van der Waals surface area contributed by atoms with Crippen molar-refractivity contribution in [1.29, 1.82) is 0 Å². The van der Waals surface area contributed by atoms with E-state index < -0.39 is 21.5 Å². The van der Waals surface area contributed by atoms with Gasteiger partial charge < -0.3 is 0 Å². The fourth-order valence-electron chi connectivity index (χ4n) is 9.69. The van der Waals surface area contributed by atoms with Crippen molar-refractivity contribution >= 4 is 35.1 Å². The molecule has 0 heterocycles. The minimum absolute atomic E-state index is 0.125. The predicted octanol–water partition coefficient (Wildman–Crippen LogP) is 14.8. The van der Waals surface area contributed by atoms with Gasteiger partial charge in [0, 0.05) is 0 Å². The summed E-state index contributed by atoms with van der Waals surface area (Å²) < 4.78 is 0.268. The summed E-state index contributed by atoms with van der Waals surface area (Å²) in [5.74, 6) is 0.00944. The van der Waals surface area contributed by atoms with Gasteiger partial charge in [0.05, 0.1) is 0 Å². The van der Waals surface area contributed by atoms with Crippen LogP contribution in [0.5, 0.6) is 0 Å². The first-order chi connectivity index (χ1) is 24.0. The molecule has 261 valence electrons. The Bertz CT molecular complexity index is 1940. The summed E-state index contributed by atoms with van der Waals surface area (Å²) in [6, 6.07) is 32.6. The molecule has 0 amide bonds. The van der Waals surface area contributed by atoms with E-state index in [0.29, 0.717) is 17.8 Å². The number of hydrogen-bond donors (Lipinski definition) is 0. The van der Waals surface area contributed by atoms with Gasteiger partial charge in [0.15, 0.2) is 0 Å². The van der Waals surface area contributed by atoms with Gasteiger partial charge in [-0.15, -0.1) is 0 Å². The maximum atomic E-state index is 8.82. The molecule has 0 saturated heterocycles. The molecule has 0 spiro atoms. The van der Waals surface area contributed by atoms with Gasteiger partial charge in [-0.2, -0.15) is 0 Å². The number of fused-ring (bicyclic) bond motifs is 2. The van der Waals surface area contributed by atoms with Crippen molar-refractivity contribution in [2.24, 2.45) is 5.92 Å². The third kappa shape index (κ3) is 5.97. The van der Waals surface area contributed by atoms with E-state index in [2.05, 4.69) is 145 Å². The molecule has 0 nitrogen and oxygen atoms in total. The zero-order valence-corrected chi connectivity index (χ0v) is 36.3. The Kier molecular flexibility index (Phi) is 10.3. The minimum atomic E-state index is -4.86. The maximum absolute atomic E-state index is 8.82. The second-order valence-electron chi connectivity index (χ2n) is 16.3. The van der Waals surface area contributed by atoms with E-state index in [0.717, 1.165) is 12.8 Å². The molecule has 3 aliphatic carbocycles. The molecule has 3 aliphatic rings. The summed E-state index contributed by atoms with van der Waals surface area (Å²) in [7, 11) is 17.6. The van der Waals surface area contributed by atoms with Gasteiger partial charge in [0.2, 0.25) is 0 Å². The molecule has 3 unspecified atom stereocenters. The molecule has 0 radical (unpaired) electrons. The average molecular weight is 798 g/mol. The van der Waals surface area contributed by atoms with Crippen molar-refractivity contribution in [2.45, 2.75) is 105 Å². The quantitative estimate of drug-likeness (QED) is 0.140. The van der Waals surface area contributed by atoms with E-state index in [1.807, 2.05) is 0 Å². The molecular formula is C46H55Cl2SiZr. The Morgan fingerprint density at radius 2 is 1.20 bits per heavy atom. The van der Waals surface area contributed by atoms with Crippen LogP contribution in [-0.4, -0.2) is 5.92 Å². The molecule has 7 rings (SSSR count). The summed E-state index contributed by atoms with van der Waals surface area (Å²) in [5.41, 5.74) is 16.6. The molecule has 1 saturated carbocycles. The van der Waals surface area contributed by atoms with Crippen LogP contribution >= 0.6 is 17.0 Å². The zero-order chi connectivity index (χ0) is 35.4. The summed E-state index contributed by atoms with van der Waals surface area (Å²) in [6.45, 7) is 16.4. The Balaban J connectivity index is 1.41. The van der Waals surface area contributed by atoms with E-state index in [1.54, 1.807) is 5.57 Å². The summed E-state index contributed by atoms with van der Waals surface area (Å²) in [5, 5.41) is 0. The first-order valence-electron chi connectivity index (χ1n) is 19.4. The van der Waals surface area contributed by atoms with Crippen molar-refractivity contribution in [3.8, 4) is 22.3 Å². The Morgan fingerprint density at radius 3 is 1.70 bits per heavy atom. The standard InChI is InChI=1S/C23H25.C21H23.C2H7Si.2ClH.Zr/c1-16(2)17-10-12-19(13-11-17)22-9-5-8-20-14-21(15-23(20)22)18-6-3-4-7-18;1-4-15(3)17-9-11-18(12-10-17)20-8-6-7-19-13-16(5-2)14-21(19)20;1-3-2;;;/h5,8-16,18H,3-4,6-7H2,1-2H3;6-15H,4-5H2,1-3H3;3H,1-2H3;2*1H;/q;;;;;+2/p-2. The monoisotopic (exact) mass is 795 g/mol. The predicted molar refractivity (Wildman–Crippen MR) is 221 cm³/mol. The van der Waals surface area contributed by atoms with Gasteiger partial charge >= 0.3 is 314 Å². The van der Waals surface area contributed by atoms with Gasteiger partial charge in [0.1, 0.15) is 0 Å². The number of halogens is 2. The molecule has 4 aromatic carbocycles. The Morgan fingerprint density at radius 1 is 0.680 bits per heavy atom. The van der Waals surface area contributed by atoms with Crippen LogP contribution in [0.25, 0.3) is 34.4 Å². The topological polar surface area (TPSA) is 0 Å². The van der Waals surface area contributed by atoms with Crippen LogP contribution in [0.1, 0.15) is 126 Å². The summed E-state index contributed by atoms with van der Waals surface area (Å²) in [4.78, 5) is 0. The molecule has 4 heteroatoms. The molecule has 0 aromatic heterocycles. The van der Waals surface area contributed by atoms with E-state index in [9.17, 15) is 0 Å². The second kappa shape index (κ2) is 14.1. The first kappa shape index (κ1) is 36.4. The Labute approximate surface area is 311 Å². The van der Waals surface area contributed by atoms with Crippen LogP contribution in [-0.2, 0) is 15.6 Å². The molecule has 3 atom stereocenters. The molecule has 4 aromatic rings. The number of allylic oxidation sites excluding steroid dienone is 2. The fourth-order valence-corrected chi connectivity index (χ4v) is 41.1. The van der Waals surface area contributed by atoms with Crippen molar-refractivity contribution < 1.29 is 15.6 Å². The fraction of sp³-hybridized carbons (Fsp3) is 0.391. The SMILES string of the molecule is CCC1=Cc2c(-c3ccc(C(C)CC)cc3)cccc2[CH]1[Zr]([Cl])([Cl])([CH]1C(C2CCCC2)=Cc2c(-c3ccc(C(C)C)cc3)cccc21)[SiH](C)C. The van der Waals surface area contributed by atoms with Crippen molar-refractivity contribution in [2.75, 3.05) is 0 Å². The zero-order valence-electron chi connectivity index (χ0n) is 31.2. The molecule has 0 aliphatic heterocycles. The normalized spacial score (nSPS) is 20.4. The van der Waals surface area contributed by atoms with Crippen LogP contribution < -0.4 is 0 Å². The van der Waals surface area contributed by atoms with Gasteiger partial charge in [-0.25, -0.2) is 0 Å². The van der Waals surface area contributed by atoms with E-state index in [4.69, 9.17) is 17.0 Å². The first-order valence-corrected chi connectivity index (χ1v) is 35.7. The van der Waals surface area contributed by atoms with E-state index >= 15 is 0 Å². The van der Waals surface area contributed by atoms with Crippen LogP contribution in [0.2, 0.25) is 13.1 Å². The number of rotatable bonds is 10. The van der Waals surface area contributed by atoms with Gasteiger partial charge in [-0.3, -0.25) is 0 Å². The van der Waals surface area contributed by atoms with Crippen LogP contribution in [0, 0.1) is 5.92 Å². The van der Waals surface area contributed by atoms with Gasteiger partial charge in [-0.1, -0.05) is 0 Å². The van der Waals surface area contributed by atoms with Crippen LogP contribution in [0.4, 0.5) is 0 Å². The summed E-state index contributed by atoms with van der Waals surface area (Å²) in [6.07, 6.45) is 12.3. The molecule has 0 N–H and O–H groups in total. The van der Waals surface area contributed by atoms with Crippen LogP contribution in [0.3, 0.4) is 0 Å². The van der Waals surface area contributed by atoms with E-state index in [1.165, 1.54) is 86.9 Å². The number of benzene rings is 4. The molecular weight excluding hydrogens is 743 g/mol. The van der Waals surface area contributed by atoms with Crippen molar-refractivity contribution in [3.63, 3.8) is 0 Å². The molecule has 50 heavy (non-hydrogen) atoms. The number of hydrogen-bond acceptors (Lipinski definition) is 0. The van der Waals surface area contributed by atoms with Gasteiger partial charge in [-0.05, 0) is 0 Å². The van der Waals surface area contributed by atoms with Gasteiger partial charge in [0.25, 0.3) is 0 Å². The van der Waals surface area contributed by atoms with Crippen LogP contribution in [0.15, 0.2) is 96.1 Å². The molecule has 0 bridgehead atoms. The van der Waals surface area contributed by atoms with Crippen molar-refractivity contribution in [3.05, 3.63) is 129 Å². The Hall–Kier alpha value is -1.96. The summed E-state index contributed by atoms with van der Waals surface area (Å²) >= 11 is -4.86.